The first-order valence-electron chi connectivity index (χ1n) is 9.82. The fraction of sp³-hybridized carbons (Fsp3) is 0.524. The highest BCUT2D eigenvalue weighted by atomic mass is 16.5. The molecule has 0 spiro atoms. The summed E-state index contributed by atoms with van der Waals surface area (Å²) in [7, 11) is 0. The minimum absolute atomic E-state index is 0.139. The van der Waals surface area contributed by atoms with Crippen LogP contribution < -0.4 is 10.1 Å². The summed E-state index contributed by atoms with van der Waals surface area (Å²) in [6.07, 6.45) is 7.23. The third kappa shape index (κ3) is 4.73. The van der Waals surface area contributed by atoms with Crippen molar-refractivity contribution in [3.63, 3.8) is 0 Å². The number of fused-ring (bicyclic) bond motifs is 1. The summed E-state index contributed by atoms with van der Waals surface area (Å²) < 4.78 is 5.80. The molecule has 1 saturated carbocycles. The molecule has 0 saturated heterocycles. The third-order valence-corrected chi connectivity index (χ3v) is 4.92. The molecule has 6 heteroatoms. The zero-order chi connectivity index (χ0) is 19.1. The van der Waals surface area contributed by atoms with Gasteiger partial charge in [0.15, 0.2) is 5.92 Å². The molecule has 1 aliphatic rings. The Kier molecular flexibility index (Phi) is 6.59. The van der Waals surface area contributed by atoms with E-state index in [1.165, 1.54) is 6.42 Å². The number of ether oxygens (including phenoxy) is 1. The van der Waals surface area contributed by atoms with Gasteiger partial charge in [0.25, 0.3) is 0 Å². The lowest BCUT2D eigenvalue weighted by atomic mass is 9.94. The molecule has 1 N–H and O–H groups in total. The Morgan fingerprint density at radius 3 is 2.63 bits per heavy atom. The number of hydrogen-bond acceptors (Lipinski definition) is 5. The van der Waals surface area contributed by atoms with Crippen molar-refractivity contribution in [2.45, 2.75) is 63.8 Å². The number of nitrogens with one attached hydrogen (secondary N) is 1. The number of nitrogens with zero attached hydrogens (tertiary/aromatic N) is 3. The van der Waals surface area contributed by atoms with E-state index in [9.17, 15) is 10.1 Å². The van der Waals surface area contributed by atoms with Crippen molar-refractivity contribution in [2.24, 2.45) is 0 Å². The lowest BCUT2D eigenvalue weighted by Crippen LogP contribution is -2.39. The van der Waals surface area contributed by atoms with Crippen LogP contribution in [-0.2, 0) is 4.79 Å². The number of rotatable bonds is 7. The lowest BCUT2D eigenvalue weighted by molar-refractivity contribution is -0.122. The Bertz CT molecular complexity index is 825. The molecule has 1 atom stereocenters. The van der Waals surface area contributed by atoms with Gasteiger partial charge in [-0.1, -0.05) is 44.7 Å². The van der Waals surface area contributed by atoms with E-state index in [1.54, 1.807) is 0 Å². The highest BCUT2D eigenvalue weighted by molar-refractivity contribution is 5.87. The van der Waals surface area contributed by atoms with Crippen molar-refractivity contribution in [1.82, 2.24) is 15.3 Å². The van der Waals surface area contributed by atoms with Crippen LogP contribution in [0.25, 0.3) is 11.0 Å². The maximum atomic E-state index is 12.8. The first-order chi connectivity index (χ1) is 13.2. The van der Waals surface area contributed by atoms with Gasteiger partial charge in [-0.05, 0) is 31.4 Å². The number of para-hydroxylation sites is 2. The fourth-order valence-corrected chi connectivity index (χ4v) is 3.38. The highest BCUT2D eigenvalue weighted by Gasteiger charge is 2.29. The normalized spacial score (nSPS) is 15.9. The molecule has 0 unspecified atom stereocenters. The quantitative estimate of drug-likeness (QED) is 0.752. The number of unbranched alkanes of at least 4 members (excludes halogenated alkanes) is 1. The molecule has 1 amide bonds. The van der Waals surface area contributed by atoms with Gasteiger partial charge >= 0.3 is 0 Å². The molecular weight excluding hydrogens is 340 g/mol. The van der Waals surface area contributed by atoms with E-state index in [2.05, 4.69) is 28.3 Å². The Morgan fingerprint density at radius 1 is 1.26 bits per heavy atom. The van der Waals surface area contributed by atoms with Crippen LogP contribution in [0.15, 0.2) is 24.3 Å². The number of carbonyl (C=O) groups excluding carboxylic acids is 1. The van der Waals surface area contributed by atoms with Crippen molar-refractivity contribution >= 4 is 16.9 Å². The number of aromatic nitrogens is 2. The van der Waals surface area contributed by atoms with E-state index in [4.69, 9.17) is 4.74 Å². The van der Waals surface area contributed by atoms with E-state index >= 15 is 0 Å². The summed E-state index contributed by atoms with van der Waals surface area (Å²) in [6.45, 7) is 2.56. The molecule has 1 aliphatic carbocycles. The third-order valence-electron chi connectivity index (χ3n) is 4.92. The van der Waals surface area contributed by atoms with Crippen molar-refractivity contribution < 1.29 is 9.53 Å². The average molecular weight is 366 g/mol. The number of hydrogen-bond donors (Lipinski definition) is 1. The van der Waals surface area contributed by atoms with E-state index < -0.39 is 5.92 Å². The summed E-state index contributed by atoms with van der Waals surface area (Å²) >= 11 is 0. The summed E-state index contributed by atoms with van der Waals surface area (Å²) in [4.78, 5) is 21.9. The first-order valence-corrected chi connectivity index (χ1v) is 9.82. The average Bonchev–Trinajstić information content (AvgIpc) is 2.69. The summed E-state index contributed by atoms with van der Waals surface area (Å²) in [5.41, 5.74) is 1.65. The predicted molar refractivity (Wildman–Crippen MR) is 103 cm³/mol. The molecular formula is C21H26N4O2. The van der Waals surface area contributed by atoms with Gasteiger partial charge in [-0.3, -0.25) is 4.79 Å². The Balaban J connectivity index is 1.89. The zero-order valence-corrected chi connectivity index (χ0v) is 15.8. The smallest absolute Gasteiger partial charge is 0.243 e. The summed E-state index contributed by atoms with van der Waals surface area (Å²) in [5, 5.41) is 12.7. The second kappa shape index (κ2) is 9.31. The summed E-state index contributed by atoms with van der Waals surface area (Å²) in [6, 6.07) is 9.67. The molecule has 27 heavy (non-hydrogen) atoms. The van der Waals surface area contributed by atoms with E-state index in [1.807, 2.05) is 24.3 Å². The van der Waals surface area contributed by atoms with Crippen LogP contribution in [0.1, 0.15) is 63.5 Å². The SMILES string of the molecule is CCCCOc1nc2ccccc2nc1[C@@H](C#N)C(=O)NC1CCCCC1. The molecule has 0 radical (unpaired) electrons. The zero-order valence-electron chi connectivity index (χ0n) is 15.8. The molecule has 1 heterocycles. The largest absolute Gasteiger partial charge is 0.476 e. The number of carbonyl (C=O) groups is 1. The van der Waals surface area contributed by atoms with Crippen LogP contribution in [0.3, 0.4) is 0 Å². The second-order valence-corrected chi connectivity index (χ2v) is 7.01. The van der Waals surface area contributed by atoms with Crippen molar-refractivity contribution in [3.05, 3.63) is 30.0 Å². The lowest BCUT2D eigenvalue weighted by Gasteiger charge is -2.24. The number of amides is 1. The molecule has 6 nitrogen and oxygen atoms in total. The minimum Gasteiger partial charge on any atom is -0.476 e. The van der Waals surface area contributed by atoms with Crippen LogP contribution in [0.5, 0.6) is 5.88 Å². The fourth-order valence-electron chi connectivity index (χ4n) is 3.38. The molecule has 0 aliphatic heterocycles. The van der Waals surface area contributed by atoms with Gasteiger partial charge in [-0.25, -0.2) is 9.97 Å². The molecule has 142 valence electrons. The summed E-state index contributed by atoms with van der Waals surface area (Å²) in [5.74, 6) is -1.05. The predicted octanol–water partition coefficient (Wildman–Crippen LogP) is 3.86. The van der Waals surface area contributed by atoms with Crippen LogP contribution in [-0.4, -0.2) is 28.5 Å². The van der Waals surface area contributed by atoms with Gasteiger partial charge in [0.05, 0.1) is 23.7 Å². The molecule has 1 aromatic heterocycles. The monoisotopic (exact) mass is 366 g/mol. The molecule has 1 aromatic carbocycles. The van der Waals surface area contributed by atoms with Gasteiger partial charge in [0.2, 0.25) is 11.8 Å². The Labute approximate surface area is 160 Å². The van der Waals surface area contributed by atoms with Crippen molar-refractivity contribution in [3.8, 4) is 11.9 Å². The number of benzene rings is 1. The van der Waals surface area contributed by atoms with Gasteiger partial charge in [0, 0.05) is 6.04 Å². The molecule has 3 rings (SSSR count). The second-order valence-electron chi connectivity index (χ2n) is 7.01. The van der Waals surface area contributed by atoms with Gasteiger partial charge in [0.1, 0.15) is 5.69 Å². The van der Waals surface area contributed by atoms with Gasteiger partial charge in [-0.15, -0.1) is 0 Å². The van der Waals surface area contributed by atoms with E-state index in [-0.39, 0.29) is 17.8 Å². The van der Waals surface area contributed by atoms with Gasteiger partial charge < -0.3 is 10.1 Å². The highest BCUT2D eigenvalue weighted by Crippen LogP contribution is 2.27. The van der Waals surface area contributed by atoms with Crippen LogP contribution in [0, 0.1) is 11.3 Å². The van der Waals surface area contributed by atoms with Crippen LogP contribution in [0.4, 0.5) is 0 Å². The van der Waals surface area contributed by atoms with Gasteiger partial charge in [-0.2, -0.15) is 5.26 Å². The standard InChI is InChI=1S/C21H26N4O2/c1-2-3-13-27-21-19(24-17-11-7-8-12-18(17)25-21)16(14-22)20(26)23-15-9-5-4-6-10-15/h7-8,11-12,15-16H,2-6,9-10,13H2,1H3,(H,23,26)/t16-/m1/s1. The Morgan fingerprint density at radius 2 is 1.96 bits per heavy atom. The van der Waals surface area contributed by atoms with Crippen LogP contribution in [0.2, 0.25) is 0 Å². The number of nitriles is 1. The minimum atomic E-state index is -1.03. The van der Waals surface area contributed by atoms with Crippen molar-refractivity contribution in [1.29, 1.82) is 5.26 Å². The molecule has 1 fully saturated rings. The Hall–Kier alpha value is -2.68. The van der Waals surface area contributed by atoms with Crippen molar-refractivity contribution in [2.75, 3.05) is 6.61 Å². The topological polar surface area (TPSA) is 87.9 Å². The van der Waals surface area contributed by atoms with E-state index in [0.717, 1.165) is 38.5 Å². The first kappa shape index (κ1) is 19.1. The molecule has 0 bridgehead atoms. The van der Waals surface area contributed by atoms with E-state index in [0.29, 0.717) is 23.3 Å². The maximum Gasteiger partial charge on any atom is 0.243 e. The van der Waals surface area contributed by atoms with Crippen LogP contribution >= 0.6 is 0 Å². The molecule has 2 aromatic rings. The maximum absolute atomic E-state index is 12.8.